The van der Waals surface area contributed by atoms with E-state index in [2.05, 4.69) is 30.9 Å². The molecule has 1 saturated carbocycles. The molecule has 0 atom stereocenters. The minimum Gasteiger partial charge on any atom is -0.382 e. The maximum Gasteiger partial charge on any atom is 0.255 e. The van der Waals surface area contributed by atoms with E-state index in [4.69, 9.17) is 0 Å². The molecule has 0 saturated heterocycles. The van der Waals surface area contributed by atoms with Crippen LogP contribution in [0.1, 0.15) is 66.7 Å². The largest absolute Gasteiger partial charge is 0.382 e. The van der Waals surface area contributed by atoms with Crippen molar-refractivity contribution >= 4 is 50.4 Å². The molecule has 38 heavy (non-hydrogen) atoms. The van der Waals surface area contributed by atoms with Crippen LogP contribution >= 0.6 is 11.3 Å². The molecule has 1 aliphatic rings. The minimum atomic E-state index is -0.131. The van der Waals surface area contributed by atoms with Gasteiger partial charge in [0.2, 0.25) is 0 Å². The van der Waals surface area contributed by atoms with Crippen molar-refractivity contribution in [2.45, 2.75) is 58.0 Å². The van der Waals surface area contributed by atoms with Crippen molar-refractivity contribution in [2.24, 2.45) is 5.92 Å². The lowest BCUT2D eigenvalue weighted by Crippen LogP contribution is -2.38. The number of thiazole rings is 1. The fourth-order valence-electron chi connectivity index (χ4n) is 4.90. The molecule has 4 aromatic rings. The highest BCUT2D eigenvalue weighted by Crippen LogP contribution is 2.29. The van der Waals surface area contributed by atoms with Gasteiger partial charge >= 0.3 is 0 Å². The number of fused-ring (bicyclic) bond motifs is 1. The number of anilines is 3. The van der Waals surface area contributed by atoms with E-state index in [9.17, 15) is 9.59 Å². The molecule has 1 aromatic carbocycles. The smallest absolute Gasteiger partial charge is 0.255 e. The molecule has 0 radical (unpaired) electrons. The first-order valence-corrected chi connectivity index (χ1v) is 13.9. The van der Waals surface area contributed by atoms with Crippen molar-refractivity contribution in [3.63, 3.8) is 0 Å². The van der Waals surface area contributed by atoms with Gasteiger partial charge in [-0.2, -0.15) is 0 Å². The van der Waals surface area contributed by atoms with Crippen LogP contribution in [0.5, 0.6) is 0 Å². The van der Waals surface area contributed by atoms with Gasteiger partial charge in [-0.05, 0) is 75.8 Å². The van der Waals surface area contributed by atoms with Gasteiger partial charge in [-0.25, -0.2) is 9.97 Å². The standard InChI is InChI=1S/C29H32N6O2S/c1-18(2)33-25-14-28(34-22-9-10-24-27(13-22)38-17-32-24)31-16-23(25)29(37)35-21-7-5-19(6-8-21)12-26(36)20-4-3-11-30-15-20/h3-4,9-11,13-19,21H,5-8,12H2,1-2H3,(H,35,37)(H2,31,33,34). The van der Waals surface area contributed by atoms with Crippen molar-refractivity contribution in [1.29, 1.82) is 0 Å². The van der Waals surface area contributed by atoms with E-state index in [1.165, 1.54) is 0 Å². The second-order valence-corrected chi connectivity index (χ2v) is 11.0. The number of carbonyl (C=O) groups is 2. The minimum absolute atomic E-state index is 0.0862. The lowest BCUT2D eigenvalue weighted by atomic mass is 9.82. The zero-order valence-electron chi connectivity index (χ0n) is 21.6. The number of ketones is 1. The molecule has 0 bridgehead atoms. The van der Waals surface area contributed by atoms with Gasteiger partial charge in [0.1, 0.15) is 5.82 Å². The van der Waals surface area contributed by atoms with Gasteiger partial charge in [-0.3, -0.25) is 14.6 Å². The number of pyridine rings is 2. The lowest BCUT2D eigenvalue weighted by Gasteiger charge is -2.29. The summed E-state index contributed by atoms with van der Waals surface area (Å²) in [6, 6.07) is 11.7. The van der Waals surface area contributed by atoms with Crippen LogP contribution in [0.3, 0.4) is 0 Å². The maximum atomic E-state index is 13.3. The van der Waals surface area contributed by atoms with Gasteiger partial charge in [0.25, 0.3) is 5.91 Å². The Morgan fingerprint density at radius 2 is 1.89 bits per heavy atom. The Bertz CT molecular complexity index is 1410. The van der Waals surface area contributed by atoms with Gasteiger partial charge in [0.15, 0.2) is 5.78 Å². The second-order valence-electron chi connectivity index (χ2n) is 10.1. The highest BCUT2D eigenvalue weighted by molar-refractivity contribution is 7.16. The molecular formula is C29H32N6O2S. The summed E-state index contributed by atoms with van der Waals surface area (Å²) < 4.78 is 1.10. The van der Waals surface area contributed by atoms with E-state index in [-0.39, 0.29) is 23.8 Å². The summed E-state index contributed by atoms with van der Waals surface area (Å²) in [6.07, 6.45) is 9.02. The number of rotatable bonds is 9. The molecule has 1 aliphatic carbocycles. The Morgan fingerprint density at radius 3 is 2.66 bits per heavy atom. The molecule has 3 aromatic heterocycles. The number of hydrogen-bond acceptors (Lipinski definition) is 8. The fraction of sp³-hybridized carbons (Fsp3) is 0.345. The van der Waals surface area contributed by atoms with Crippen molar-refractivity contribution in [3.8, 4) is 0 Å². The number of Topliss-reactive ketones (excluding diaryl/α,β-unsaturated/α-hetero) is 1. The number of carbonyl (C=O) groups excluding carboxylic acids is 2. The van der Waals surface area contributed by atoms with Crippen LogP contribution in [0, 0.1) is 5.92 Å². The molecule has 3 N–H and O–H groups in total. The highest BCUT2D eigenvalue weighted by Gasteiger charge is 2.26. The van der Waals surface area contributed by atoms with E-state index >= 15 is 0 Å². The van der Waals surface area contributed by atoms with Crippen molar-refractivity contribution in [2.75, 3.05) is 10.6 Å². The van der Waals surface area contributed by atoms with E-state index in [1.807, 2.05) is 49.7 Å². The zero-order valence-corrected chi connectivity index (χ0v) is 22.4. The summed E-state index contributed by atoms with van der Waals surface area (Å²) in [5, 5.41) is 9.94. The average molecular weight is 529 g/mol. The van der Waals surface area contributed by atoms with Crippen LogP contribution in [-0.4, -0.2) is 38.7 Å². The van der Waals surface area contributed by atoms with E-state index < -0.39 is 0 Å². The van der Waals surface area contributed by atoms with Crippen molar-refractivity contribution in [1.82, 2.24) is 20.3 Å². The summed E-state index contributed by atoms with van der Waals surface area (Å²) in [4.78, 5) is 38.7. The molecule has 0 aliphatic heterocycles. The molecule has 3 heterocycles. The Balaban J connectivity index is 1.20. The van der Waals surface area contributed by atoms with Gasteiger partial charge in [0.05, 0.1) is 27.0 Å². The quantitative estimate of drug-likeness (QED) is 0.222. The topological polar surface area (TPSA) is 109 Å². The summed E-state index contributed by atoms with van der Waals surface area (Å²) in [6.45, 7) is 4.09. The lowest BCUT2D eigenvalue weighted by molar-refractivity contribution is 0.0897. The van der Waals surface area contributed by atoms with Crippen LogP contribution in [0.15, 0.2) is 60.5 Å². The number of nitrogens with zero attached hydrogens (tertiary/aromatic N) is 3. The predicted molar refractivity (Wildman–Crippen MR) is 152 cm³/mol. The Morgan fingerprint density at radius 1 is 1.05 bits per heavy atom. The Kier molecular flexibility index (Phi) is 7.93. The molecule has 1 fully saturated rings. The number of aromatic nitrogens is 3. The third-order valence-electron chi connectivity index (χ3n) is 6.84. The Labute approximate surface area is 226 Å². The van der Waals surface area contributed by atoms with E-state index in [0.29, 0.717) is 29.3 Å². The number of nitrogens with one attached hydrogen (secondary N) is 3. The van der Waals surface area contributed by atoms with E-state index in [0.717, 1.165) is 47.3 Å². The summed E-state index contributed by atoms with van der Waals surface area (Å²) in [7, 11) is 0. The molecule has 5 rings (SSSR count). The third kappa shape index (κ3) is 6.34. The SMILES string of the molecule is CC(C)Nc1cc(Nc2ccc3ncsc3c2)ncc1C(=O)NC1CCC(CC(=O)c2cccnc2)CC1. The number of hydrogen-bond donors (Lipinski definition) is 3. The molecular weight excluding hydrogens is 496 g/mol. The normalized spacial score (nSPS) is 17.3. The first-order chi connectivity index (χ1) is 18.4. The number of amides is 1. The molecule has 9 heteroatoms. The molecule has 0 unspecified atom stereocenters. The molecule has 1 amide bonds. The van der Waals surface area contributed by atoms with Gasteiger partial charge in [-0.15, -0.1) is 11.3 Å². The van der Waals surface area contributed by atoms with E-state index in [1.54, 1.807) is 36.0 Å². The molecule has 0 spiro atoms. The predicted octanol–water partition coefficient (Wildman–Crippen LogP) is 6.21. The summed E-state index contributed by atoms with van der Waals surface area (Å²) >= 11 is 1.59. The van der Waals surface area contributed by atoms with Gasteiger partial charge in [0, 0.05) is 54.4 Å². The van der Waals surface area contributed by atoms with Gasteiger partial charge in [-0.1, -0.05) is 0 Å². The number of benzene rings is 1. The van der Waals surface area contributed by atoms with Crippen molar-refractivity contribution < 1.29 is 9.59 Å². The summed E-state index contributed by atoms with van der Waals surface area (Å²) in [5.41, 5.74) is 5.65. The fourth-order valence-corrected chi connectivity index (χ4v) is 5.61. The average Bonchev–Trinajstić information content (AvgIpc) is 3.38. The summed E-state index contributed by atoms with van der Waals surface area (Å²) in [5.74, 6) is 1.01. The van der Waals surface area contributed by atoms with Crippen LogP contribution in [0.4, 0.5) is 17.2 Å². The maximum absolute atomic E-state index is 13.3. The monoisotopic (exact) mass is 528 g/mol. The first kappa shape index (κ1) is 25.8. The molecule has 8 nitrogen and oxygen atoms in total. The Hall–Kier alpha value is -3.85. The second kappa shape index (κ2) is 11.7. The highest BCUT2D eigenvalue weighted by atomic mass is 32.1. The van der Waals surface area contributed by atoms with Crippen molar-refractivity contribution in [3.05, 3.63) is 71.6 Å². The van der Waals surface area contributed by atoms with Gasteiger partial charge < -0.3 is 16.0 Å². The third-order valence-corrected chi connectivity index (χ3v) is 7.63. The van der Waals surface area contributed by atoms with Crippen LogP contribution < -0.4 is 16.0 Å². The van der Waals surface area contributed by atoms with Crippen LogP contribution in [0.25, 0.3) is 10.2 Å². The van der Waals surface area contributed by atoms with Crippen LogP contribution in [0.2, 0.25) is 0 Å². The van der Waals surface area contributed by atoms with Crippen LogP contribution in [-0.2, 0) is 0 Å². The molecule has 196 valence electrons. The first-order valence-electron chi connectivity index (χ1n) is 13.1. The zero-order chi connectivity index (χ0) is 26.5.